The first-order chi connectivity index (χ1) is 39.0. The molecular weight excluding hydrogens is 1030 g/mol. The summed E-state index contributed by atoms with van der Waals surface area (Å²) in [5.41, 5.74) is 2.67. The fourth-order valence-corrected chi connectivity index (χ4v) is 10.7. The summed E-state index contributed by atoms with van der Waals surface area (Å²) in [7, 11) is 1.65. The van der Waals surface area contributed by atoms with E-state index in [2.05, 4.69) is 0 Å². The summed E-state index contributed by atoms with van der Waals surface area (Å²) in [4.78, 5) is 60.1. The fourth-order valence-electron chi connectivity index (χ4n) is 10.7. The quantitative estimate of drug-likeness (QED) is 0.0169. The first-order valence-electron chi connectivity index (χ1n) is 28.4. The van der Waals surface area contributed by atoms with E-state index in [4.69, 9.17) is 47.4 Å². The van der Waals surface area contributed by atoms with Crippen molar-refractivity contribution < 1.29 is 66.5 Å². The maximum atomic E-state index is 14.4. The average molecular weight is 1110 g/mol. The molecule has 0 spiro atoms. The summed E-state index contributed by atoms with van der Waals surface area (Å²) >= 11 is 0. The summed E-state index contributed by atoms with van der Waals surface area (Å²) in [5.74, 6) is -1.49. The molecule has 7 aromatic carbocycles. The second kappa shape index (κ2) is 26.9. The second-order valence-corrected chi connectivity index (χ2v) is 22.0. The normalized spacial score (nSPS) is 17.2. The summed E-state index contributed by atoms with van der Waals surface area (Å²) < 4.78 is 58.5. The van der Waals surface area contributed by atoms with Crippen molar-refractivity contribution in [3.05, 3.63) is 119 Å². The average Bonchev–Trinajstić information content (AvgIpc) is 1.43. The van der Waals surface area contributed by atoms with Gasteiger partial charge in [-0.15, -0.1) is 0 Å². The number of fused-ring (bicyclic) bond motifs is 3. The van der Waals surface area contributed by atoms with Gasteiger partial charge in [0.15, 0.2) is 0 Å². The van der Waals surface area contributed by atoms with Gasteiger partial charge in [0.1, 0.15) is 0 Å². The van der Waals surface area contributed by atoms with Gasteiger partial charge >= 0.3 is 0 Å². The molecule has 0 saturated heterocycles. The third-order valence-corrected chi connectivity index (χ3v) is 15.1. The Bertz CT molecular complexity index is 3220. The Balaban J connectivity index is 0.714. The van der Waals surface area contributed by atoms with E-state index in [1.807, 2.05) is 129 Å². The Morgan fingerprint density at radius 3 is 1.12 bits per heavy atom. The Kier molecular flexibility index (Phi) is 19.8. The fraction of sp³-hybridized carbons (Fsp3) is 0.477. The van der Waals surface area contributed by atoms with Crippen molar-refractivity contribution in [2.45, 2.75) is 124 Å². The molecule has 0 saturated carbocycles. The number of ether oxygens (including phenoxy) is 10. The molecule has 16 nitrogen and oxygen atoms in total. The van der Waals surface area contributed by atoms with Crippen LogP contribution < -0.4 is 0 Å². The van der Waals surface area contributed by atoms with E-state index in [-0.39, 0.29) is 80.4 Å². The highest BCUT2D eigenvalue weighted by Crippen LogP contribution is 2.46. The molecule has 2 heterocycles. The topological polar surface area (TPSA) is 167 Å². The Morgan fingerprint density at radius 2 is 0.716 bits per heavy atom. The number of imide groups is 2. The van der Waals surface area contributed by atoms with Crippen molar-refractivity contribution in [3.8, 4) is 0 Å². The van der Waals surface area contributed by atoms with E-state index in [1.54, 1.807) is 31.4 Å². The number of nitrogens with zero attached hydrogens (tertiary/aromatic N) is 2. The zero-order valence-electron chi connectivity index (χ0n) is 48.5. The predicted molar refractivity (Wildman–Crippen MR) is 312 cm³/mol. The molecular formula is C65H78N2O14. The number of rotatable bonds is 32. The van der Waals surface area contributed by atoms with Crippen LogP contribution in [-0.4, -0.2) is 168 Å². The van der Waals surface area contributed by atoms with E-state index in [9.17, 15) is 19.2 Å². The third-order valence-electron chi connectivity index (χ3n) is 15.1. The number of hydrogen-bond donors (Lipinski definition) is 0. The van der Waals surface area contributed by atoms with Crippen molar-refractivity contribution in [1.29, 1.82) is 0 Å². The number of methoxy groups -OCH3 is 1. The van der Waals surface area contributed by atoms with Gasteiger partial charge in [-0.05, 0) is 135 Å². The zero-order chi connectivity index (χ0) is 57.5. The van der Waals surface area contributed by atoms with E-state index >= 15 is 0 Å². The van der Waals surface area contributed by atoms with Crippen LogP contribution in [0.25, 0.3) is 53.9 Å². The van der Waals surface area contributed by atoms with Gasteiger partial charge in [0.25, 0.3) is 23.6 Å². The van der Waals surface area contributed by atoms with Crippen LogP contribution in [0, 0.1) is 0 Å². The molecule has 7 aromatic rings. The van der Waals surface area contributed by atoms with Crippen LogP contribution in [0.3, 0.4) is 0 Å². The smallest absolute Gasteiger partial charge is 0.261 e. The van der Waals surface area contributed by atoms with Crippen LogP contribution in [0.4, 0.5) is 0 Å². The summed E-state index contributed by atoms with van der Waals surface area (Å²) in [6.07, 6.45) is -1.24. The van der Waals surface area contributed by atoms with Crippen molar-refractivity contribution >= 4 is 77.5 Å². The van der Waals surface area contributed by atoms with Gasteiger partial charge in [-0.3, -0.25) is 29.0 Å². The highest BCUT2D eigenvalue weighted by molar-refractivity contribution is 6.41. The first kappa shape index (κ1) is 59.6. The van der Waals surface area contributed by atoms with Crippen molar-refractivity contribution in [3.63, 3.8) is 0 Å². The van der Waals surface area contributed by atoms with Crippen molar-refractivity contribution in [2.75, 3.05) is 79.8 Å². The number of benzene rings is 7. The van der Waals surface area contributed by atoms with Crippen molar-refractivity contribution in [1.82, 2.24) is 9.80 Å². The van der Waals surface area contributed by atoms with E-state index in [1.165, 1.54) is 9.80 Å². The maximum Gasteiger partial charge on any atom is 0.261 e. The standard InChI is InChI=1S/C65H78N2O14/c1-38(29-74-40(3)31-76-42(5)33-78-44(7)35-80-46(9)37-81-45(8)36-79-43(6)34-77-41(4)32-75-39(2)30-73-27-26-72-10)67-64(70)56-24-20-52-50-18-22-54-60-55(23-19-51(58(50)60)53-21-25-57(65(67)71)61(56)59(52)53)63(69)66(62(54)68)28-48-16-13-15-47-14-11-12-17-49(47)48/h11-25,38-46H,26-37H2,1-10H3. The molecule has 0 aromatic heterocycles. The van der Waals surface area contributed by atoms with Crippen LogP contribution in [0.1, 0.15) is 109 Å². The number of carbonyl (C=O) groups excluding carboxylic acids is 4. The molecule has 0 bridgehead atoms. The minimum Gasteiger partial charge on any atom is -0.382 e. The minimum absolute atomic E-state index is 0.0339. The molecule has 16 heteroatoms. The first-order valence-corrected chi connectivity index (χ1v) is 28.4. The molecule has 0 fully saturated rings. The molecule has 9 unspecified atom stereocenters. The molecule has 0 aliphatic carbocycles. The van der Waals surface area contributed by atoms with Gasteiger partial charge in [0, 0.05) is 40.1 Å². The van der Waals surface area contributed by atoms with E-state index < -0.39 is 17.9 Å². The Labute approximate surface area is 474 Å². The second-order valence-electron chi connectivity index (χ2n) is 22.0. The molecule has 2 aliphatic heterocycles. The molecule has 9 atom stereocenters. The summed E-state index contributed by atoms with van der Waals surface area (Å²) in [5, 5.41) is 8.18. The van der Waals surface area contributed by atoms with E-state index in [0.717, 1.165) is 48.7 Å². The van der Waals surface area contributed by atoms with Crippen LogP contribution >= 0.6 is 0 Å². The maximum absolute atomic E-state index is 14.4. The SMILES string of the molecule is COCCOCC(C)OCC(C)OCC(C)OCC(C)OCC(C)OCC(C)OCC(C)OCC(C)OCC(C)N1C(=O)c2ccc3c4ccc5c6c(ccc(c7ccc(c2c37)C1=O)c64)C(=O)N(Cc1cccc2ccccc12)C5=O. The number of hydrogen-bond acceptors (Lipinski definition) is 14. The van der Waals surface area contributed by atoms with E-state index in [0.29, 0.717) is 92.5 Å². The van der Waals surface area contributed by atoms with Gasteiger partial charge in [0.05, 0.1) is 134 Å². The number of carbonyl (C=O) groups is 4. The molecule has 0 N–H and O–H groups in total. The molecule has 432 valence electrons. The van der Waals surface area contributed by atoms with Gasteiger partial charge in [-0.2, -0.15) is 0 Å². The van der Waals surface area contributed by atoms with Crippen molar-refractivity contribution in [2.24, 2.45) is 0 Å². The van der Waals surface area contributed by atoms with Gasteiger partial charge in [0.2, 0.25) is 0 Å². The lowest BCUT2D eigenvalue weighted by molar-refractivity contribution is -0.110. The molecule has 0 radical (unpaired) electrons. The number of amides is 4. The van der Waals surface area contributed by atoms with Crippen LogP contribution in [0.5, 0.6) is 0 Å². The Hall–Kier alpha value is -6.02. The van der Waals surface area contributed by atoms with Crippen LogP contribution in [0.2, 0.25) is 0 Å². The lowest BCUT2D eigenvalue weighted by Crippen LogP contribution is -2.48. The highest BCUT2D eigenvalue weighted by atomic mass is 16.6. The lowest BCUT2D eigenvalue weighted by atomic mass is 9.82. The zero-order valence-corrected chi connectivity index (χ0v) is 48.5. The summed E-state index contributed by atoms with van der Waals surface area (Å²) in [6.45, 7) is 22.1. The largest absolute Gasteiger partial charge is 0.382 e. The third kappa shape index (κ3) is 13.4. The monoisotopic (exact) mass is 1110 g/mol. The lowest BCUT2D eigenvalue weighted by Gasteiger charge is -2.33. The Morgan fingerprint density at radius 1 is 0.358 bits per heavy atom. The highest BCUT2D eigenvalue weighted by Gasteiger charge is 2.39. The molecule has 81 heavy (non-hydrogen) atoms. The van der Waals surface area contributed by atoms with Gasteiger partial charge < -0.3 is 47.4 Å². The minimum atomic E-state index is -0.581. The van der Waals surface area contributed by atoms with Crippen LogP contribution in [-0.2, 0) is 53.9 Å². The van der Waals surface area contributed by atoms with Gasteiger partial charge in [-0.1, -0.05) is 66.7 Å². The van der Waals surface area contributed by atoms with Crippen LogP contribution in [0.15, 0.2) is 91.0 Å². The predicted octanol–water partition coefficient (Wildman–Crippen LogP) is 10.6. The summed E-state index contributed by atoms with van der Waals surface area (Å²) in [6, 6.07) is 28.2. The molecule has 2 aliphatic rings. The molecule has 4 amide bonds. The molecule has 9 rings (SSSR count). The van der Waals surface area contributed by atoms with Gasteiger partial charge in [-0.25, -0.2) is 0 Å².